The smallest absolute Gasteiger partial charge is 0.146 e. The predicted octanol–water partition coefficient (Wildman–Crippen LogP) is 3.29. The van der Waals surface area contributed by atoms with Gasteiger partial charge in [0.25, 0.3) is 0 Å². The molecule has 2 N–H and O–H groups in total. The van der Waals surface area contributed by atoms with Crippen LogP contribution in [0.3, 0.4) is 0 Å². The van der Waals surface area contributed by atoms with Crippen LogP contribution in [0.25, 0.3) is 0 Å². The zero-order chi connectivity index (χ0) is 12.3. The minimum absolute atomic E-state index is 0.804. The molecule has 0 saturated carbocycles. The van der Waals surface area contributed by atoms with Crippen molar-refractivity contribution in [2.75, 3.05) is 24.2 Å². The summed E-state index contributed by atoms with van der Waals surface area (Å²) in [6.45, 7) is 3.23. The quantitative estimate of drug-likeness (QED) is 0.646. The van der Waals surface area contributed by atoms with Crippen LogP contribution in [0.2, 0.25) is 0 Å². The number of rotatable bonds is 9. The predicted molar refractivity (Wildman–Crippen MR) is 73.4 cm³/mol. The lowest BCUT2D eigenvalue weighted by atomic mass is 10.1. The van der Waals surface area contributed by atoms with Crippen molar-refractivity contribution >= 4 is 11.6 Å². The SMILES string of the molecule is CCCCCCCCNc1cncc(NC)n1. The molecule has 0 atom stereocenters. The summed E-state index contributed by atoms with van der Waals surface area (Å²) in [6.07, 6.45) is 11.4. The zero-order valence-electron chi connectivity index (χ0n) is 11.0. The molecule has 0 amide bonds. The number of hydrogen-bond acceptors (Lipinski definition) is 4. The maximum Gasteiger partial charge on any atom is 0.146 e. The highest BCUT2D eigenvalue weighted by Crippen LogP contribution is 2.07. The van der Waals surface area contributed by atoms with Crippen molar-refractivity contribution in [3.05, 3.63) is 12.4 Å². The van der Waals surface area contributed by atoms with Gasteiger partial charge in [0, 0.05) is 13.6 Å². The maximum atomic E-state index is 4.35. The van der Waals surface area contributed by atoms with E-state index in [1.807, 2.05) is 7.05 Å². The molecule has 0 aliphatic carbocycles. The third kappa shape index (κ3) is 6.09. The lowest BCUT2D eigenvalue weighted by molar-refractivity contribution is 0.617. The fourth-order valence-corrected chi connectivity index (χ4v) is 1.69. The third-order valence-corrected chi connectivity index (χ3v) is 2.73. The summed E-state index contributed by atoms with van der Waals surface area (Å²) < 4.78 is 0. The highest BCUT2D eigenvalue weighted by molar-refractivity contribution is 5.40. The number of aromatic nitrogens is 2. The molecule has 1 aromatic heterocycles. The number of nitrogens with one attached hydrogen (secondary N) is 2. The fourth-order valence-electron chi connectivity index (χ4n) is 1.69. The summed E-state index contributed by atoms with van der Waals surface area (Å²) >= 11 is 0. The molecule has 0 aliphatic heterocycles. The van der Waals surface area contributed by atoms with E-state index in [1.165, 1.54) is 38.5 Å². The van der Waals surface area contributed by atoms with Crippen LogP contribution >= 0.6 is 0 Å². The van der Waals surface area contributed by atoms with Gasteiger partial charge in [-0.1, -0.05) is 39.0 Å². The molecule has 17 heavy (non-hydrogen) atoms. The van der Waals surface area contributed by atoms with E-state index in [4.69, 9.17) is 0 Å². The summed E-state index contributed by atoms with van der Waals surface area (Å²) in [5, 5.41) is 6.28. The van der Waals surface area contributed by atoms with Gasteiger partial charge < -0.3 is 10.6 Å². The average molecular weight is 236 g/mol. The van der Waals surface area contributed by atoms with Crippen molar-refractivity contribution in [2.24, 2.45) is 0 Å². The lowest BCUT2D eigenvalue weighted by Crippen LogP contribution is -2.05. The molecule has 1 rings (SSSR count). The Morgan fingerprint density at radius 1 is 1.00 bits per heavy atom. The van der Waals surface area contributed by atoms with E-state index >= 15 is 0 Å². The second kappa shape index (κ2) is 8.79. The van der Waals surface area contributed by atoms with E-state index in [0.29, 0.717) is 0 Å². The molecule has 1 heterocycles. The second-order valence-electron chi connectivity index (χ2n) is 4.23. The van der Waals surface area contributed by atoms with Gasteiger partial charge in [-0.25, -0.2) is 4.98 Å². The zero-order valence-corrected chi connectivity index (χ0v) is 11.0. The molecule has 0 aliphatic rings. The molecule has 0 aromatic carbocycles. The molecule has 0 saturated heterocycles. The summed E-state index contributed by atoms with van der Waals surface area (Å²) in [4.78, 5) is 8.46. The monoisotopic (exact) mass is 236 g/mol. The van der Waals surface area contributed by atoms with Gasteiger partial charge in [-0.3, -0.25) is 4.98 Å². The van der Waals surface area contributed by atoms with Gasteiger partial charge in [0.15, 0.2) is 0 Å². The normalized spacial score (nSPS) is 10.2. The fraction of sp³-hybridized carbons (Fsp3) is 0.692. The second-order valence-corrected chi connectivity index (χ2v) is 4.23. The summed E-state index contributed by atoms with van der Waals surface area (Å²) in [5.74, 6) is 1.66. The van der Waals surface area contributed by atoms with Crippen LogP contribution in [0.4, 0.5) is 11.6 Å². The topological polar surface area (TPSA) is 49.8 Å². The van der Waals surface area contributed by atoms with Crippen LogP contribution in [-0.2, 0) is 0 Å². The molecule has 0 unspecified atom stereocenters. The van der Waals surface area contributed by atoms with Gasteiger partial charge in [0.2, 0.25) is 0 Å². The first-order valence-electron chi connectivity index (χ1n) is 6.60. The molecule has 96 valence electrons. The minimum atomic E-state index is 0.804. The Hall–Kier alpha value is -1.32. The highest BCUT2D eigenvalue weighted by Gasteiger charge is 1.96. The highest BCUT2D eigenvalue weighted by atomic mass is 15.1. The Balaban J connectivity index is 2.09. The Morgan fingerprint density at radius 2 is 1.71 bits per heavy atom. The first-order valence-corrected chi connectivity index (χ1v) is 6.60. The largest absolute Gasteiger partial charge is 0.372 e. The number of unbranched alkanes of at least 4 members (excludes halogenated alkanes) is 5. The van der Waals surface area contributed by atoms with Gasteiger partial charge in [-0.2, -0.15) is 0 Å². The van der Waals surface area contributed by atoms with Gasteiger partial charge in [-0.15, -0.1) is 0 Å². The first kappa shape index (κ1) is 13.7. The summed E-state index contributed by atoms with van der Waals surface area (Å²) in [5.41, 5.74) is 0. The van der Waals surface area contributed by atoms with Crippen LogP contribution in [0, 0.1) is 0 Å². The summed E-state index contributed by atoms with van der Waals surface area (Å²) in [7, 11) is 1.85. The average Bonchev–Trinajstić information content (AvgIpc) is 2.38. The number of anilines is 2. The molecular weight excluding hydrogens is 212 g/mol. The van der Waals surface area contributed by atoms with Crippen LogP contribution < -0.4 is 10.6 Å². The van der Waals surface area contributed by atoms with E-state index in [0.717, 1.165) is 18.2 Å². The van der Waals surface area contributed by atoms with E-state index in [2.05, 4.69) is 27.5 Å². The van der Waals surface area contributed by atoms with E-state index in [1.54, 1.807) is 12.4 Å². The van der Waals surface area contributed by atoms with Crippen LogP contribution in [0.1, 0.15) is 45.4 Å². The van der Waals surface area contributed by atoms with Crippen molar-refractivity contribution in [1.82, 2.24) is 9.97 Å². The Labute approximate surface area is 104 Å². The van der Waals surface area contributed by atoms with E-state index in [-0.39, 0.29) is 0 Å². The Bertz CT molecular complexity index is 301. The van der Waals surface area contributed by atoms with Crippen molar-refractivity contribution < 1.29 is 0 Å². The van der Waals surface area contributed by atoms with Crippen molar-refractivity contribution in [2.45, 2.75) is 45.4 Å². The molecule has 4 nitrogen and oxygen atoms in total. The van der Waals surface area contributed by atoms with Crippen LogP contribution in [0.15, 0.2) is 12.4 Å². The lowest BCUT2D eigenvalue weighted by Gasteiger charge is -2.06. The van der Waals surface area contributed by atoms with Gasteiger partial charge >= 0.3 is 0 Å². The van der Waals surface area contributed by atoms with Gasteiger partial charge in [0.1, 0.15) is 11.6 Å². The molecule has 4 heteroatoms. The Morgan fingerprint density at radius 3 is 2.47 bits per heavy atom. The van der Waals surface area contributed by atoms with E-state index in [9.17, 15) is 0 Å². The number of hydrogen-bond donors (Lipinski definition) is 2. The molecular formula is C13H24N4. The summed E-state index contributed by atoms with van der Waals surface area (Å²) in [6, 6.07) is 0. The third-order valence-electron chi connectivity index (χ3n) is 2.73. The molecule has 0 bridgehead atoms. The standard InChI is InChI=1S/C13H24N4/c1-3-4-5-6-7-8-9-16-13-11-15-10-12(14-2)17-13/h10-11H,3-9H2,1-2H3,(H2,14,16,17). The van der Waals surface area contributed by atoms with Crippen molar-refractivity contribution in [3.63, 3.8) is 0 Å². The van der Waals surface area contributed by atoms with Crippen molar-refractivity contribution in [3.8, 4) is 0 Å². The van der Waals surface area contributed by atoms with Crippen LogP contribution in [0.5, 0.6) is 0 Å². The van der Waals surface area contributed by atoms with Gasteiger partial charge in [0.05, 0.1) is 12.4 Å². The van der Waals surface area contributed by atoms with E-state index < -0.39 is 0 Å². The molecule has 0 fully saturated rings. The number of nitrogens with zero attached hydrogens (tertiary/aromatic N) is 2. The molecule has 0 spiro atoms. The minimum Gasteiger partial charge on any atom is -0.372 e. The Kier molecular flexibility index (Phi) is 7.11. The molecule has 1 aromatic rings. The van der Waals surface area contributed by atoms with Crippen LogP contribution in [-0.4, -0.2) is 23.6 Å². The first-order chi connectivity index (χ1) is 8.36. The van der Waals surface area contributed by atoms with Gasteiger partial charge in [-0.05, 0) is 6.42 Å². The van der Waals surface area contributed by atoms with Crippen molar-refractivity contribution in [1.29, 1.82) is 0 Å². The molecule has 0 radical (unpaired) electrons. The maximum absolute atomic E-state index is 4.35.